The highest BCUT2D eigenvalue weighted by Crippen LogP contribution is 2.30. The number of nitrogens with one attached hydrogen (secondary N) is 1. The molecule has 3 rings (SSSR count). The highest BCUT2D eigenvalue weighted by molar-refractivity contribution is 5.70. The number of aliphatic hydroxyl groups excluding tert-OH is 1. The van der Waals surface area contributed by atoms with E-state index in [0.29, 0.717) is 17.6 Å². The van der Waals surface area contributed by atoms with Crippen molar-refractivity contribution in [1.29, 1.82) is 0 Å². The van der Waals surface area contributed by atoms with Crippen molar-refractivity contribution >= 4 is 17.1 Å². The van der Waals surface area contributed by atoms with Crippen molar-refractivity contribution in [1.82, 2.24) is 19.5 Å². The van der Waals surface area contributed by atoms with Gasteiger partial charge in [-0.15, -0.1) is 0 Å². The van der Waals surface area contributed by atoms with E-state index in [4.69, 9.17) is 5.73 Å². The Hall–Kier alpha value is -1.89. The Morgan fingerprint density at radius 3 is 3.11 bits per heavy atom. The quantitative estimate of drug-likeness (QED) is 0.667. The summed E-state index contributed by atoms with van der Waals surface area (Å²) in [6, 6.07) is 0.132. The number of fused-ring (bicyclic) bond motifs is 1. The summed E-state index contributed by atoms with van der Waals surface area (Å²) in [5, 5.41) is 9.71. The Morgan fingerprint density at radius 1 is 1.50 bits per heavy atom. The van der Waals surface area contributed by atoms with Gasteiger partial charge in [0.05, 0.1) is 12.4 Å². The number of nitrogens with zero attached hydrogens (tertiary/aromatic N) is 3. The highest BCUT2D eigenvalue weighted by atomic mass is 16.3. The second kappa shape index (κ2) is 4.09. The molecule has 7 nitrogen and oxygen atoms in total. The van der Waals surface area contributed by atoms with E-state index in [9.17, 15) is 9.90 Å². The van der Waals surface area contributed by atoms with Crippen LogP contribution < -0.4 is 11.3 Å². The third kappa shape index (κ3) is 1.76. The minimum atomic E-state index is -0.326. The predicted octanol–water partition coefficient (Wildman–Crippen LogP) is 0.178. The van der Waals surface area contributed by atoms with Crippen molar-refractivity contribution in [3.8, 4) is 0 Å². The third-order valence-electron chi connectivity index (χ3n) is 3.46. The van der Waals surface area contributed by atoms with Crippen molar-refractivity contribution in [2.24, 2.45) is 0 Å². The standard InChI is InChI=1S/C11H15N5O2/c12-11-14-9-8(10(18)15-11)13-5-16(9)6-2-1-3-7(17)4-6/h5-7,17H,1-4H2,(H3,12,14,15,18)/t6-,7+/m1/s1. The third-order valence-corrected chi connectivity index (χ3v) is 3.46. The first-order chi connectivity index (χ1) is 8.65. The van der Waals surface area contributed by atoms with Crippen molar-refractivity contribution in [2.75, 3.05) is 5.73 Å². The van der Waals surface area contributed by atoms with Gasteiger partial charge < -0.3 is 15.4 Å². The van der Waals surface area contributed by atoms with E-state index in [2.05, 4.69) is 15.0 Å². The van der Waals surface area contributed by atoms with Crippen LogP contribution in [0.25, 0.3) is 11.2 Å². The normalized spacial score (nSPS) is 24.5. The van der Waals surface area contributed by atoms with Crippen LogP contribution in [0.15, 0.2) is 11.1 Å². The Kier molecular flexibility index (Phi) is 2.55. The van der Waals surface area contributed by atoms with E-state index in [-0.39, 0.29) is 23.7 Å². The molecule has 96 valence electrons. The molecule has 2 aromatic rings. The first-order valence-corrected chi connectivity index (χ1v) is 6.05. The molecular weight excluding hydrogens is 234 g/mol. The molecule has 0 radical (unpaired) electrons. The van der Waals surface area contributed by atoms with Crippen LogP contribution in [-0.2, 0) is 0 Å². The molecule has 1 saturated carbocycles. The van der Waals surface area contributed by atoms with Crippen molar-refractivity contribution < 1.29 is 5.11 Å². The summed E-state index contributed by atoms with van der Waals surface area (Å²) in [4.78, 5) is 22.3. The number of hydrogen-bond donors (Lipinski definition) is 3. The van der Waals surface area contributed by atoms with Gasteiger partial charge in [-0.05, 0) is 25.7 Å². The molecule has 1 aliphatic rings. The maximum Gasteiger partial charge on any atom is 0.280 e. The molecule has 0 saturated heterocycles. The number of aromatic amines is 1. The Labute approximate surface area is 103 Å². The molecule has 0 aliphatic heterocycles. The van der Waals surface area contributed by atoms with E-state index in [1.165, 1.54) is 0 Å². The summed E-state index contributed by atoms with van der Waals surface area (Å²) >= 11 is 0. The second-order valence-corrected chi connectivity index (χ2v) is 4.75. The van der Waals surface area contributed by atoms with Gasteiger partial charge in [-0.25, -0.2) is 4.98 Å². The average molecular weight is 249 g/mol. The van der Waals surface area contributed by atoms with Gasteiger partial charge in [0.15, 0.2) is 11.2 Å². The molecule has 18 heavy (non-hydrogen) atoms. The van der Waals surface area contributed by atoms with Crippen LogP contribution in [0.3, 0.4) is 0 Å². The second-order valence-electron chi connectivity index (χ2n) is 4.75. The number of aliphatic hydroxyl groups is 1. The molecule has 0 unspecified atom stereocenters. The lowest BCUT2D eigenvalue weighted by atomic mass is 9.93. The summed E-state index contributed by atoms with van der Waals surface area (Å²) in [5.41, 5.74) is 6.02. The minimum Gasteiger partial charge on any atom is -0.393 e. The maximum absolute atomic E-state index is 11.7. The van der Waals surface area contributed by atoms with Crippen molar-refractivity contribution in [3.05, 3.63) is 16.7 Å². The van der Waals surface area contributed by atoms with Gasteiger partial charge in [0.2, 0.25) is 5.95 Å². The summed E-state index contributed by atoms with van der Waals surface area (Å²) < 4.78 is 1.85. The number of imidazole rings is 1. The lowest BCUT2D eigenvalue weighted by Gasteiger charge is -2.26. The topological polar surface area (TPSA) is 110 Å². The van der Waals surface area contributed by atoms with E-state index >= 15 is 0 Å². The molecule has 2 atom stereocenters. The molecule has 4 N–H and O–H groups in total. The SMILES string of the molecule is Nc1nc2c(ncn2[C@@H]2CCC[C@H](O)C2)c(=O)[nH]1. The van der Waals surface area contributed by atoms with Crippen LogP contribution in [-0.4, -0.2) is 30.7 Å². The van der Waals surface area contributed by atoms with Crippen LogP contribution in [0.5, 0.6) is 0 Å². The summed E-state index contributed by atoms with van der Waals surface area (Å²) in [6.45, 7) is 0. The van der Waals surface area contributed by atoms with E-state index in [1.807, 2.05) is 4.57 Å². The van der Waals surface area contributed by atoms with E-state index in [0.717, 1.165) is 19.3 Å². The van der Waals surface area contributed by atoms with E-state index in [1.54, 1.807) is 6.33 Å². The fraction of sp³-hybridized carbons (Fsp3) is 0.545. The van der Waals surface area contributed by atoms with Crippen LogP contribution in [0.4, 0.5) is 5.95 Å². The molecule has 2 heterocycles. The van der Waals surface area contributed by atoms with Gasteiger partial charge >= 0.3 is 0 Å². The van der Waals surface area contributed by atoms with Crippen molar-refractivity contribution in [3.63, 3.8) is 0 Å². The van der Waals surface area contributed by atoms with Crippen molar-refractivity contribution in [2.45, 2.75) is 37.8 Å². The van der Waals surface area contributed by atoms with Gasteiger partial charge in [-0.1, -0.05) is 0 Å². The Bertz CT molecular complexity index is 632. The molecule has 0 bridgehead atoms. The smallest absolute Gasteiger partial charge is 0.280 e. The highest BCUT2D eigenvalue weighted by Gasteiger charge is 2.23. The lowest BCUT2D eigenvalue weighted by molar-refractivity contribution is 0.105. The molecule has 0 amide bonds. The van der Waals surface area contributed by atoms with Gasteiger partial charge in [-0.2, -0.15) is 4.98 Å². The predicted molar refractivity (Wildman–Crippen MR) is 66.1 cm³/mol. The number of nitrogen functional groups attached to an aromatic ring is 1. The molecule has 7 heteroatoms. The molecular formula is C11H15N5O2. The van der Waals surface area contributed by atoms with Gasteiger partial charge in [0, 0.05) is 6.04 Å². The first-order valence-electron chi connectivity index (χ1n) is 6.05. The number of nitrogens with two attached hydrogens (primary N) is 1. The van der Waals surface area contributed by atoms with Gasteiger partial charge in [0.1, 0.15) is 0 Å². The van der Waals surface area contributed by atoms with Gasteiger partial charge in [0.25, 0.3) is 5.56 Å². The van der Waals surface area contributed by atoms with Crippen LogP contribution in [0.2, 0.25) is 0 Å². The van der Waals surface area contributed by atoms with Crippen LogP contribution in [0, 0.1) is 0 Å². The van der Waals surface area contributed by atoms with E-state index < -0.39 is 0 Å². The summed E-state index contributed by atoms with van der Waals surface area (Å²) in [5.74, 6) is 0.0885. The Morgan fingerprint density at radius 2 is 2.33 bits per heavy atom. The zero-order chi connectivity index (χ0) is 12.7. The fourth-order valence-electron chi connectivity index (χ4n) is 2.60. The summed E-state index contributed by atoms with van der Waals surface area (Å²) in [6.07, 6.45) is 4.73. The molecule has 1 aliphatic carbocycles. The number of H-pyrrole nitrogens is 1. The Balaban J connectivity index is 2.09. The minimum absolute atomic E-state index is 0.0885. The van der Waals surface area contributed by atoms with Crippen LogP contribution >= 0.6 is 0 Å². The van der Waals surface area contributed by atoms with Gasteiger partial charge in [-0.3, -0.25) is 9.78 Å². The molecule has 0 spiro atoms. The number of hydrogen-bond acceptors (Lipinski definition) is 5. The first kappa shape index (κ1) is 11.2. The fourth-order valence-corrected chi connectivity index (χ4v) is 2.60. The number of anilines is 1. The molecule has 0 aromatic carbocycles. The van der Waals surface area contributed by atoms with Crippen LogP contribution in [0.1, 0.15) is 31.7 Å². The zero-order valence-corrected chi connectivity index (χ0v) is 9.83. The molecule has 2 aromatic heterocycles. The summed E-state index contributed by atoms with van der Waals surface area (Å²) in [7, 11) is 0. The average Bonchev–Trinajstić information content (AvgIpc) is 2.72. The number of aromatic nitrogens is 4. The maximum atomic E-state index is 11.7. The number of rotatable bonds is 1. The zero-order valence-electron chi connectivity index (χ0n) is 9.83. The lowest BCUT2D eigenvalue weighted by Crippen LogP contribution is -2.22. The molecule has 1 fully saturated rings. The largest absolute Gasteiger partial charge is 0.393 e. The monoisotopic (exact) mass is 249 g/mol.